The van der Waals surface area contributed by atoms with E-state index in [2.05, 4.69) is 5.32 Å². The maximum atomic E-state index is 11.7. The Morgan fingerprint density at radius 2 is 1.86 bits per heavy atom. The molecule has 1 atom stereocenters. The predicted molar refractivity (Wildman–Crippen MR) is 91.8 cm³/mol. The van der Waals surface area contributed by atoms with Gasteiger partial charge in [0.2, 0.25) is 0 Å². The summed E-state index contributed by atoms with van der Waals surface area (Å²) in [5.41, 5.74) is 0.969. The number of benzene rings is 1. The van der Waals surface area contributed by atoms with E-state index in [1.54, 1.807) is 6.07 Å². The van der Waals surface area contributed by atoms with Crippen molar-refractivity contribution in [3.05, 3.63) is 33.8 Å². The molecule has 0 bridgehead atoms. The second-order valence-electron chi connectivity index (χ2n) is 5.46. The van der Waals surface area contributed by atoms with Crippen LogP contribution in [0.4, 0.5) is 0 Å². The van der Waals surface area contributed by atoms with Gasteiger partial charge in [-0.3, -0.25) is 0 Å². The monoisotopic (exact) mass is 371 g/mol. The van der Waals surface area contributed by atoms with Crippen molar-refractivity contribution in [3.63, 3.8) is 0 Å². The fourth-order valence-electron chi connectivity index (χ4n) is 2.82. The summed E-state index contributed by atoms with van der Waals surface area (Å²) in [7, 11) is -3.04. The molecule has 1 fully saturated rings. The molecule has 2 rings (SSSR count). The largest absolute Gasteiger partial charge is 0.317 e. The predicted octanol–water partition coefficient (Wildman–Crippen LogP) is 3.54. The molecule has 21 heavy (non-hydrogen) atoms. The van der Waals surface area contributed by atoms with E-state index in [9.17, 15) is 8.42 Å². The molecule has 1 aromatic rings. The standard InChI is InChI=1S/C14H19Cl2NO2S.ClH/c1-20(18,19)9-12(10-4-6-17-7-5-10)11-2-3-13(15)14(16)8-11;/h2-3,8,10,12,17H,4-7,9H2,1H3;1H. The molecule has 3 nitrogen and oxygen atoms in total. The molecule has 1 heterocycles. The summed E-state index contributed by atoms with van der Waals surface area (Å²) in [6.07, 6.45) is 3.26. The van der Waals surface area contributed by atoms with E-state index in [0.29, 0.717) is 16.0 Å². The van der Waals surface area contributed by atoms with Crippen molar-refractivity contribution in [2.75, 3.05) is 25.1 Å². The zero-order valence-corrected chi connectivity index (χ0v) is 15.0. The first-order valence-electron chi connectivity index (χ1n) is 6.70. The Labute approximate surface area is 142 Å². The summed E-state index contributed by atoms with van der Waals surface area (Å²) in [6.45, 7) is 1.87. The van der Waals surface area contributed by atoms with Gasteiger partial charge >= 0.3 is 0 Å². The Balaban J connectivity index is 0.00000220. The third-order valence-electron chi connectivity index (χ3n) is 3.81. The quantitative estimate of drug-likeness (QED) is 0.879. The van der Waals surface area contributed by atoms with E-state index in [1.165, 1.54) is 6.26 Å². The van der Waals surface area contributed by atoms with Crippen LogP contribution in [0.15, 0.2) is 18.2 Å². The maximum Gasteiger partial charge on any atom is 0.148 e. The van der Waals surface area contributed by atoms with Crippen molar-refractivity contribution < 1.29 is 8.42 Å². The minimum absolute atomic E-state index is 0. The van der Waals surface area contributed by atoms with Crippen LogP contribution in [0.1, 0.15) is 24.3 Å². The van der Waals surface area contributed by atoms with Crippen LogP contribution >= 0.6 is 35.6 Å². The first kappa shape index (κ1) is 19.0. The van der Waals surface area contributed by atoms with Crippen molar-refractivity contribution in [2.24, 2.45) is 5.92 Å². The Hall–Kier alpha value is -0.000000000000000111. The van der Waals surface area contributed by atoms with E-state index in [-0.39, 0.29) is 24.1 Å². The maximum absolute atomic E-state index is 11.7. The molecule has 1 N–H and O–H groups in total. The summed E-state index contributed by atoms with van der Waals surface area (Å²) in [6, 6.07) is 5.45. The molecule has 0 radical (unpaired) electrons. The number of rotatable bonds is 4. The molecule has 0 aromatic heterocycles. The number of hydrogen-bond acceptors (Lipinski definition) is 3. The summed E-state index contributed by atoms with van der Waals surface area (Å²) in [5.74, 6) is 0.514. The SMILES string of the molecule is CS(=O)(=O)CC(c1ccc(Cl)c(Cl)c1)C1CCNCC1.Cl. The molecular formula is C14H20Cl3NO2S. The summed E-state index contributed by atoms with van der Waals surface area (Å²) in [5, 5.41) is 4.29. The van der Waals surface area contributed by atoms with Crippen molar-refractivity contribution in [2.45, 2.75) is 18.8 Å². The molecule has 1 saturated heterocycles. The van der Waals surface area contributed by atoms with Crippen molar-refractivity contribution in [1.82, 2.24) is 5.32 Å². The van der Waals surface area contributed by atoms with Crippen LogP contribution in [0.3, 0.4) is 0 Å². The molecular weight excluding hydrogens is 353 g/mol. The fourth-order valence-corrected chi connectivity index (χ4v) is 4.24. The molecule has 7 heteroatoms. The van der Waals surface area contributed by atoms with Gasteiger partial charge in [-0.05, 0) is 49.5 Å². The third-order valence-corrected chi connectivity index (χ3v) is 5.51. The number of piperidine rings is 1. The van der Waals surface area contributed by atoms with Crippen LogP contribution in [0, 0.1) is 5.92 Å². The minimum atomic E-state index is -3.04. The van der Waals surface area contributed by atoms with Gasteiger partial charge in [0.25, 0.3) is 0 Å². The lowest BCUT2D eigenvalue weighted by molar-refractivity contribution is 0.331. The molecule has 120 valence electrons. The Morgan fingerprint density at radius 3 is 2.38 bits per heavy atom. The summed E-state index contributed by atoms with van der Waals surface area (Å²) in [4.78, 5) is 0. The molecule has 0 amide bonds. The second kappa shape index (κ2) is 8.02. The van der Waals surface area contributed by atoms with Gasteiger partial charge in [-0.25, -0.2) is 8.42 Å². The highest BCUT2D eigenvalue weighted by Crippen LogP contribution is 2.35. The highest BCUT2D eigenvalue weighted by atomic mass is 35.5. The number of sulfone groups is 1. The normalized spacial score (nSPS) is 18.0. The van der Waals surface area contributed by atoms with Crippen LogP contribution in [0.5, 0.6) is 0 Å². The number of nitrogens with one attached hydrogen (secondary N) is 1. The lowest BCUT2D eigenvalue weighted by Gasteiger charge is -2.31. The van der Waals surface area contributed by atoms with E-state index in [0.717, 1.165) is 31.5 Å². The summed E-state index contributed by atoms with van der Waals surface area (Å²) < 4.78 is 23.5. The first-order valence-corrected chi connectivity index (χ1v) is 9.52. The molecule has 0 aliphatic carbocycles. The van der Waals surface area contributed by atoms with Gasteiger partial charge in [-0.15, -0.1) is 12.4 Å². The average molecular weight is 373 g/mol. The number of halogens is 3. The second-order valence-corrected chi connectivity index (χ2v) is 8.46. The molecule has 0 saturated carbocycles. The van der Waals surface area contributed by atoms with Gasteiger partial charge in [0, 0.05) is 12.2 Å². The Bertz CT molecular complexity index is 572. The molecule has 1 aromatic carbocycles. The van der Waals surface area contributed by atoms with Crippen LogP contribution in [-0.2, 0) is 9.84 Å². The van der Waals surface area contributed by atoms with Crippen molar-refractivity contribution >= 4 is 45.4 Å². The van der Waals surface area contributed by atoms with Crippen LogP contribution < -0.4 is 5.32 Å². The summed E-state index contributed by atoms with van der Waals surface area (Å²) >= 11 is 12.0. The van der Waals surface area contributed by atoms with E-state index in [1.807, 2.05) is 12.1 Å². The average Bonchev–Trinajstić information content (AvgIpc) is 2.39. The topological polar surface area (TPSA) is 46.2 Å². The van der Waals surface area contributed by atoms with E-state index in [4.69, 9.17) is 23.2 Å². The van der Waals surface area contributed by atoms with Gasteiger partial charge in [0.15, 0.2) is 0 Å². The zero-order valence-electron chi connectivity index (χ0n) is 11.8. The van der Waals surface area contributed by atoms with Gasteiger partial charge in [0.05, 0.1) is 15.8 Å². The first-order chi connectivity index (χ1) is 9.37. The molecule has 1 aliphatic heterocycles. The molecule has 0 spiro atoms. The van der Waals surface area contributed by atoms with Crippen LogP contribution in [0.25, 0.3) is 0 Å². The molecule has 1 unspecified atom stereocenters. The van der Waals surface area contributed by atoms with Gasteiger partial charge in [0.1, 0.15) is 9.84 Å². The Kier molecular flexibility index (Phi) is 7.28. The lowest BCUT2D eigenvalue weighted by Crippen LogP contribution is -2.33. The third kappa shape index (κ3) is 5.61. The highest BCUT2D eigenvalue weighted by molar-refractivity contribution is 7.90. The van der Waals surface area contributed by atoms with Gasteiger partial charge < -0.3 is 5.32 Å². The fraction of sp³-hybridized carbons (Fsp3) is 0.571. The highest BCUT2D eigenvalue weighted by Gasteiger charge is 2.28. The Morgan fingerprint density at radius 1 is 1.24 bits per heavy atom. The molecule has 1 aliphatic rings. The number of hydrogen-bond donors (Lipinski definition) is 1. The van der Waals surface area contributed by atoms with Crippen LogP contribution in [-0.4, -0.2) is 33.5 Å². The van der Waals surface area contributed by atoms with Gasteiger partial charge in [-0.1, -0.05) is 29.3 Å². The van der Waals surface area contributed by atoms with Crippen molar-refractivity contribution in [3.8, 4) is 0 Å². The van der Waals surface area contributed by atoms with Crippen LogP contribution in [0.2, 0.25) is 10.0 Å². The van der Waals surface area contributed by atoms with Crippen molar-refractivity contribution in [1.29, 1.82) is 0 Å². The van der Waals surface area contributed by atoms with E-state index >= 15 is 0 Å². The zero-order chi connectivity index (χ0) is 14.8. The minimum Gasteiger partial charge on any atom is -0.317 e. The van der Waals surface area contributed by atoms with E-state index < -0.39 is 9.84 Å². The van der Waals surface area contributed by atoms with Gasteiger partial charge in [-0.2, -0.15) is 0 Å². The lowest BCUT2D eigenvalue weighted by atomic mass is 9.81. The smallest absolute Gasteiger partial charge is 0.148 e.